The Hall–Kier alpha value is -0.910. The van der Waals surface area contributed by atoms with Gasteiger partial charge in [-0.15, -0.1) is 0 Å². The maximum absolute atomic E-state index is 11.3. The van der Waals surface area contributed by atoms with Crippen molar-refractivity contribution >= 4 is 5.97 Å². The second kappa shape index (κ2) is 6.87. The zero-order chi connectivity index (χ0) is 13.7. The van der Waals surface area contributed by atoms with Crippen LogP contribution in [0.25, 0.3) is 0 Å². The highest BCUT2D eigenvalue weighted by Gasteiger charge is 2.46. The summed E-state index contributed by atoms with van der Waals surface area (Å²) in [5.41, 5.74) is 0. The number of methoxy groups -OCH3 is 1. The molecule has 0 aliphatic carbocycles. The number of carbonyl (C=O) groups excluding carboxylic acids is 1. The smallest absolute Gasteiger partial charge is 0.338 e. The van der Waals surface area contributed by atoms with E-state index in [1.54, 1.807) is 6.08 Å². The summed E-state index contributed by atoms with van der Waals surface area (Å²) in [5.74, 6) is -0.253. The monoisotopic (exact) mass is 258 g/mol. The summed E-state index contributed by atoms with van der Waals surface area (Å²) < 4.78 is 9.75. The third-order valence-electron chi connectivity index (χ3n) is 3.35. The Morgan fingerprint density at radius 2 is 2.00 bits per heavy atom. The minimum Gasteiger partial charge on any atom is -0.454 e. The minimum atomic E-state index is -1.14. The Bertz CT molecular complexity index is 298. The van der Waals surface area contributed by atoms with Gasteiger partial charge in [0.25, 0.3) is 0 Å². The van der Waals surface area contributed by atoms with Crippen LogP contribution in [0.4, 0.5) is 0 Å². The minimum absolute atomic E-state index is 0.382. The van der Waals surface area contributed by atoms with E-state index in [1.165, 1.54) is 7.11 Å². The van der Waals surface area contributed by atoms with Gasteiger partial charge >= 0.3 is 5.97 Å². The summed E-state index contributed by atoms with van der Waals surface area (Å²) in [7, 11) is 1.32. The van der Waals surface area contributed by atoms with Gasteiger partial charge in [0.2, 0.25) is 0 Å². The first-order chi connectivity index (χ1) is 8.54. The van der Waals surface area contributed by atoms with Gasteiger partial charge in [0.05, 0.1) is 0 Å². The van der Waals surface area contributed by atoms with Gasteiger partial charge in [0.15, 0.2) is 12.2 Å². The van der Waals surface area contributed by atoms with Crippen LogP contribution in [0.2, 0.25) is 0 Å². The Balaban J connectivity index is 2.62. The highest BCUT2D eigenvalue weighted by atomic mass is 16.6. The molecule has 1 aliphatic heterocycles. The average Bonchev–Trinajstić information content (AvgIpc) is 2.65. The second-order valence-electron chi connectivity index (χ2n) is 4.50. The molecule has 5 nitrogen and oxygen atoms in total. The maximum Gasteiger partial charge on any atom is 0.338 e. The average molecular weight is 258 g/mol. The number of rotatable bonds is 6. The lowest BCUT2D eigenvalue weighted by Crippen LogP contribution is -2.38. The lowest BCUT2D eigenvalue weighted by molar-refractivity contribution is -0.150. The highest BCUT2D eigenvalue weighted by molar-refractivity contribution is 5.78. The van der Waals surface area contributed by atoms with E-state index in [1.807, 2.05) is 6.08 Å². The zero-order valence-corrected chi connectivity index (χ0v) is 11.1. The molecule has 0 radical (unpaired) electrons. The van der Waals surface area contributed by atoms with Crippen molar-refractivity contribution in [3.05, 3.63) is 12.2 Å². The molecule has 104 valence electrons. The predicted octanol–water partition coefficient (Wildman–Crippen LogP) is 0.641. The van der Waals surface area contributed by atoms with Crippen molar-refractivity contribution in [3.63, 3.8) is 0 Å². The van der Waals surface area contributed by atoms with Crippen molar-refractivity contribution in [2.75, 3.05) is 7.11 Å². The molecule has 1 unspecified atom stereocenters. The summed E-state index contributed by atoms with van der Waals surface area (Å²) in [6.07, 6.45) is 1.33. The van der Waals surface area contributed by atoms with E-state index in [0.717, 1.165) is 12.8 Å². The van der Waals surface area contributed by atoms with Gasteiger partial charge in [-0.25, -0.2) is 4.79 Å². The van der Waals surface area contributed by atoms with Crippen molar-refractivity contribution in [2.45, 2.75) is 51.1 Å². The number of aliphatic hydroxyl groups excluding tert-OH is 2. The number of esters is 1. The van der Waals surface area contributed by atoms with Gasteiger partial charge in [0, 0.05) is 7.11 Å². The molecule has 1 aliphatic rings. The summed E-state index contributed by atoms with van der Waals surface area (Å²) in [5, 5.41) is 19.7. The van der Waals surface area contributed by atoms with Crippen LogP contribution in [-0.2, 0) is 14.3 Å². The molecule has 1 saturated heterocycles. The standard InChI is InChI=1S/C13H22O5/c1-4-8(5-2)6-7-9(14)11-10(15)12(17-3)13(16)18-11/h6-12,14-15H,4-5H2,1-3H3/b7-6+/t9-,10-,11?,12-/m1/s1. The zero-order valence-electron chi connectivity index (χ0n) is 11.1. The number of hydrogen-bond acceptors (Lipinski definition) is 5. The third kappa shape index (κ3) is 3.31. The molecular formula is C13H22O5. The van der Waals surface area contributed by atoms with Crippen LogP contribution in [0.15, 0.2) is 12.2 Å². The number of cyclic esters (lactones) is 1. The largest absolute Gasteiger partial charge is 0.454 e. The van der Waals surface area contributed by atoms with Crippen molar-refractivity contribution in [1.82, 2.24) is 0 Å². The van der Waals surface area contributed by atoms with Crippen LogP contribution in [0.5, 0.6) is 0 Å². The van der Waals surface area contributed by atoms with E-state index < -0.39 is 30.4 Å². The van der Waals surface area contributed by atoms with E-state index in [0.29, 0.717) is 5.92 Å². The summed E-state index contributed by atoms with van der Waals surface area (Å²) in [6.45, 7) is 4.13. The van der Waals surface area contributed by atoms with Gasteiger partial charge < -0.3 is 19.7 Å². The van der Waals surface area contributed by atoms with Crippen molar-refractivity contribution in [1.29, 1.82) is 0 Å². The molecule has 0 aromatic carbocycles. The maximum atomic E-state index is 11.3. The molecule has 0 saturated carbocycles. The molecule has 0 bridgehead atoms. The van der Waals surface area contributed by atoms with Gasteiger partial charge in [-0.2, -0.15) is 0 Å². The third-order valence-corrected chi connectivity index (χ3v) is 3.35. The van der Waals surface area contributed by atoms with E-state index in [4.69, 9.17) is 9.47 Å². The van der Waals surface area contributed by atoms with Crippen LogP contribution >= 0.6 is 0 Å². The fraction of sp³-hybridized carbons (Fsp3) is 0.769. The molecule has 0 spiro atoms. The SMILES string of the molecule is CCC(/C=C/[C@@H](O)C1OC(=O)[C@H](OC)[C@@H]1O)CC. The molecule has 1 fully saturated rings. The fourth-order valence-corrected chi connectivity index (χ4v) is 2.03. The Labute approximate surface area is 107 Å². The molecular weight excluding hydrogens is 236 g/mol. The van der Waals surface area contributed by atoms with Gasteiger partial charge in [-0.1, -0.05) is 26.0 Å². The van der Waals surface area contributed by atoms with Gasteiger partial charge in [-0.3, -0.25) is 0 Å². The van der Waals surface area contributed by atoms with Crippen LogP contribution in [0.1, 0.15) is 26.7 Å². The molecule has 0 amide bonds. The number of aliphatic hydroxyl groups is 2. The molecule has 4 atom stereocenters. The predicted molar refractivity (Wildman–Crippen MR) is 65.9 cm³/mol. The number of carbonyl (C=O) groups is 1. The van der Waals surface area contributed by atoms with E-state index in [9.17, 15) is 15.0 Å². The molecule has 1 heterocycles. The van der Waals surface area contributed by atoms with Crippen LogP contribution in [0, 0.1) is 5.92 Å². The lowest BCUT2D eigenvalue weighted by Gasteiger charge is -2.18. The Kier molecular flexibility index (Phi) is 5.78. The molecule has 2 N–H and O–H groups in total. The summed E-state index contributed by atoms with van der Waals surface area (Å²) in [6, 6.07) is 0. The quantitative estimate of drug-likeness (QED) is 0.540. The van der Waals surface area contributed by atoms with Gasteiger partial charge in [-0.05, 0) is 18.8 Å². The first-order valence-corrected chi connectivity index (χ1v) is 6.32. The van der Waals surface area contributed by atoms with Crippen molar-refractivity contribution in [3.8, 4) is 0 Å². The summed E-state index contributed by atoms with van der Waals surface area (Å²) >= 11 is 0. The first-order valence-electron chi connectivity index (χ1n) is 6.32. The molecule has 0 aromatic rings. The second-order valence-corrected chi connectivity index (χ2v) is 4.50. The van der Waals surface area contributed by atoms with Crippen LogP contribution in [-0.4, -0.2) is 47.7 Å². The molecule has 5 heteroatoms. The van der Waals surface area contributed by atoms with Crippen molar-refractivity contribution < 1.29 is 24.5 Å². The molecule has 0 aromatic heterocycles. The van der Waals surface area contributed by atoms with Crippen LogP contribution in [0.3, 0.4) is 0 Å². The summed E-state index contributed by atoms with van der Waals surface area (Å²) in [4.78, 5) is 11.3. The van der Waals surface area contributed by atoms with E-state index >= 15 is 0 Å². The Morgan fingerprint density at radius 3 is 2.44 bits per heavy atom. The first kappa shape index (κ1) is 15.1. The lowest BCUT2D eigenvalue weighted by atomic mass is 10.00. The normalized spacial score (nSPS) is 30.1. The van der Waals surface area contributed by atoms with Crippen LogP contribution < -0.4 is 0 Å². The number of hydrogen-bond donors (Lipinski definition) is 2. The van der Waals surface area contributed by atoms with E-state index in [2.05, 4.69) is 13.8 Å². The molecule has 1 rings (SSSR count). The van der Waals surface area contributed by atoms with E-state index in [-0.39, 0.29) is 0 Å². The van der Waals surface area contributed by atoms with Crippen molar-refractivity contribution in [2.24, 2.45) is 5.92 Å². The van der Waals surface area contributed by atoms with Gasteiger partial charge in [0.1, 0.15) is 12.2 Å². The highest BCUT2D eigenvalue weighted by Crippen LogP contribution is 2.22. The fourth-order valence-electron chi connectivity index (χ4n) is 2.03. The topological polar surface area (TPSA) is 76.0 Å². The Morgan fingerprint density at radius 1 is 1.39 bits per heavy atom. The number of ether oxygens (including phenoxy) is 2. The number of allylic oxidation sites excluding steroid dienone is 1. The molecule has 18 heavy (non-hydrogen) atoms.